The highest BCUT2D eigenvalue weighted by atomic mass is 16.5. The summed E-state index contributed by atoms with van der Waals surface area (Å²) in [4.78, 5) is 12.7. The maximum Gasteiger partial charge on any atom is 0.244 e. The predicted octanol–water partition coefficient (Wildman–Crippen LogP) is 7.11. The normalized spacial score (nSPS) is 15.2. The van der Waals surface area contributed by atoms with Crippen molar-refractivity contribution in [3.05, 3.63) is 72.5 Å². The molecule has 1 amide bonds. The summed E-state index contributed by atoms with van der Waals surface area (Å²) in [7, 11) is 1.65. The molecular formula is C29H29NO3. The second-order valence-electron chi connectivity index (χ2n) is 8.90. The first-order valence-corrected chi connectivity index (χ1v) is 11.7. The third-order valence-electron chi connectivity index (χ3n) is 6.70. The standard InChI is InChI=1S/C29H29NO3/c1-19(15-29(31)30-21-11-4-3-5-12-21)24-16-25-26(18-33-28(25)17-27(24)32-2)23-14-8-10-20-9-6-7-13-22(20)23/h6-10,13-18,21H,3-5,11-12H2,1-2H3,(H,30,31)/b19-15+. The number of hydrogen-bond donors (Lipinski definition) is 1. The van der Waals surface area contributed by atoms with E-state index in [1.54, 1.807) is 13.2 Å². The first-order valence-electron chi connectivity index (χ1n) is 11.7. The van der Waals surface area contributed by atoms with Gasteiger partial charge in [0.25, 0.3) is 0 Å². The first kappa shape index (κ1) is 21.3. The molecule has 0 aliphatic heterocycles. The Morgan fingerprint density at radius 1 is 1.00 bits per heavy atom. The average Bonchev–Trinajstić information content (AvgIpc) is 3.26. The minimum atomic E-state index is -0.0389. The first-order chi connectivity index (χ1) is 16.1. The van der Waals surface area contributed by atoms with E-state index in [0.717, 1.165) is 46.1 Å². The Morgan fingerprint density at radius 2 is 1.79 bits per heavy atom. The van der Waals surface area contributed by atoms with Gasteiger partial charge in [0.2, 0.25) is 5.91 Å². The van der Waals surface area contributed by atoms with Crippen LogP contribution in [0.5, 0.6) is 5.75 Å². The van der Waals surface area contributed by atoms with Gasteiger partial charge >= 0.3 is 0 Å². The highest BCUT2D eigenvalue weighted by Crippen LogP contribution is 2.39. The lowest BCUT2D eigenvalue weighted by atomic mass is 9.95. The Bertz CT molecular complexity index is 1340. The Balaban J connectivity index is 1.54. The lowest BCUT2D eigenvalue weighted by Gasteiger charge is -2.22. The van der Waals surface area contributed by atoms with Crippen molar-refractivity contribution in [2.24, 2.45) is 0 Å². The van der Waals surface area contributed by atoms with Gasteiger partial charge in [0, 0.05) is 34.7 Å². The summed E-state index contributed by atoms with van der Waals surface area (Å²) in [5.41, 5.74) is 4.68. The molecule has 1 N–H and O–H groups in total. The zero-order valence-corrected chi connectivity index (χ0v) is 19.2. The summed E-state index contributed by atoms with van der Waals surface area (Å²) in [5.74, 6) is 0.656. The second kappa shape index (κ2) is 9.14. The molecule has 4 aromatic rings. The Hall–Kier alpha value is -3.53. The highest BCUT2D eigenvalue weighted by molar-refractivity contribution is 6.06. The average molecular weight is 440 g/mol. The van der Waals surface area contributed by atoms with Crippen LogP contribution >= 0.6 is 0 Å². The van der Waals surface area contributed by atoms with E-state index in [2.05, 4.69) is 53.8 Å². The molecule has 4 heteroatoms. The van der Waals surface area contributed by atoms with Crippen LogP contribution in [-0.4, -0.2) is 19.1 Å². The van der Waals surface area contributed by atoms with Crippen molar-refractivity contribution in [1.29, 1.82) is 0 Å². The SMILES string of the molecule is COc1cc2occ(-c3cccc4ccccc34)c2cc1/C(C)=C/C(=O)NC1CCCCC1. The van der Waals surface area contributed by atoms with Crippen LogP contribution < -0.4 is 10.1 Å². The maximum atomic E-state index is 12.7. The van der Waals surface area contributed by atoms with Crippen molar-refractivity contribution in [3.63, 3.8) is 0 Å². The molecule has 3 aromatic carbocycles. The Labute approximate surface area is 194 Å². The summed E-state index contributed by atoms with van der Waals surface area (Å²) in [6, 6.07) is 18.9. The van der Waals surface area contributed by atoms with Gasteiger partial charge < -0.3 is 14.5 Å². The number of ether oxygens (including phenoxy) is 1. The number of amides is 1. The summed E-state index contributed by atoms with van der Waals surface area (Å²) < 4.78 is 11.6. The van der Waals surface area contributed by atoms with Crippen molar-refractivity contribution in [1.82, 2.24) is 5.32 Å². The van der Waals surface area contributed by atoms with Crippen LogP contribution in [-0.2, 0) is 4.79 Å². The third kappa shape index (κ3) is 4.25. The number of rotatable bonds is 5. The van der Waals surface area contributed by atoms with Crippen molar-refractivity contribution < 1.29 is 13.9 Å². The van der Waals surface area contributed by atoms with Crippen LogP contribution in [0.15, 0.2) is 71.4 Å². The number of allylic oxidation sites excluding steroid dienone is 1. The molecule has 0 spiro atoms. The van der Waals surface area contributed by atoms with E-state index >= 15 is 0 Å². The van der Waals surface area contributed by atoms with E-state index < -0.39 is 0 Å². The minimum Gasteiger partial charge on any atom is -0.496 e. The topological polar surface area (TPSA) is 51.5 Å². The van der Waals surface area contributed by atoms with E-state index in [-0.39, 0.29) is 11.9 Å². The third-order valence-corrected chi connectivity index (χ3v) is 6.70. The molecule has 0 radical (unpaired) electrons. The predicted molar refractivity (Wildman–Crippen MR) is 134 cm³/mol. The van der Waals surface area contributed by atoms with Crippen LogP contribution in [0, 0.1) is 0 Å². The Morgan fingerprint density at radius 3 is 2.61 bits per heavy atom. The highest BCUT2D eigenvalue weighted by Gasteiger charge is 2.18. The number of methoxy groups -OCH3 is 1. The van der Waals surface area contributed by atoms with Crippen molar-refractivity contribution in [2.75, 3.05) is 7.11 Å². The van der Waals surface area contributed by atoms with Crippen LogP contribution in [0.3, 0.4) is 0 Å². The summed E-state index contributed by atoms with van der Waals surface area (Å²) >= 11 is 0. The molecule has 1 saturated carbocycles. The van der Waals surface area contributed by atoms with Crippen LogP contribution in [0.25, 0.3) is 38.4 Å². The second-order valence-corrected chi connectivity index (χ2v) is 8.90. The van der Waals surface area contributed by atoms with Gasteiger partial charge in [0.1, 0.15) is 11.3 Å². The van der Waals surface area contributed by atoms with Crippen molar-refractivity contribution >= 4 is 33.2 Å². The molecule has 0 saturated heterocycles. The Kier molecular flexibility index (Phi) is 5.91. The molecule has 1 heterocycles. The quantitative estimate of drug-likeness (QED) is 0.337. The lowest BCUT2D eigenvalue weighted by Crippen LogP contribution is -2.35. The summed E-state index contributed by atoms with van der Waals surface area (Å²) in [5, 5.41) is 6.54. The van der Waals surface area contributed by atoms with Crippen LogP contribution in [0.2, 0.25) is 0 Å². The number of carbonyl (C=O) groups is 1. The number of benzene rings is 3. The molecule has 0 unspecified atom stereocenters. The van der Waals surface area contributed by atoms with Gasteiger partial charge in [-0.2, -0.15) is 0 Å². The molecule has 1 fully saturated rings. The van der Waals surface area contributed by atoms with Crippen LogP contribution in [0.1, 0.15) is 44.6 Å². The molecule has 0 bridgehead atoms. The monoisotopic (exact) mass is 439 g/mol. The van der Waals surface area contributed by atoms with Gasteiger partial charge in [-0.15, -0.1) is 0 Å². The number of nitrogens with one attached hydrogen (secondary N) is 1. The molecule has 4 nitrogen and oxygen atoms in total. The van der Waals surface area contributed by atoms with Gasteiger partial charge in [0.05, 0.1) is 13.4 Å². The molecule has 5 rings (SSSR count). The van der Waals surface area contributed by atoms with Gasteiger partial charge in [-0.1, -0.05) is 61.7 Å². The zero-order valence-electron chi connectivity index (χ0n) is 19.2. The number of fused-ring (bicyclic) bond motifs is 2. The molecule has 0 atom stereocenters. The fraction of sp³-hybridized carbons (Fsp3) is 0.276. The molecule has 33 heavy (non-hydrogen) atoms. The van der Waals surface area contributed by atoms with Gasteiger partial charge in [-0.25, -0.2) is 0 Å². The smallest absolute Gasteiger partial charge is 0.244 e. The molecule has 1 aromatic heterocycles. The number of furan rings is 1. The molecule has 1 aliphatic rings. The minimum absolute atomic E-state index is 0.0389. The fourth-order valence-corrected chi connectivity index (χ4v) is 4.97. The largest absolute Gasteiger partial charge is 0.496 e. The van der Waals surface area contributed by atoms with E-state index in [4.69, 9.17) is 9.15 Å². The van der Waals surface area contributed by atoms with E-state index in [9.17, 15) is 4.79 Å². The van der Waals surface area contributed by atoms with Crippen LogP contribution in [0.4, 0.5) is 0 Å². The van der Waals surface area contributed by atoms with Gasteiger partial charge in [-0.05, 0) is 47.7 Å². The number of hydrogen-bond acceptors (Lipinski definition) is 3. The van der Waals surface area contributed by atoms with E-state index in [1.165, 1.54) is 30.0 Å². The van der Waals surface area contributed by atoms with Gasteiger partial charge in [-0.3, -0.25) is 4.79 Å². The van der Waals surface area contributed by atoms with E-state index in [0.29, 0.717) is 5.75 Å². The molecule has 168 valence electrons. The number of carbonyl (C=O) groups excluding carboxylic acids is 1. The fourth-order valence-electron chi connectivity index (χ4n) is 4.97. The maximum absolute atomic E-state index is 12.7. The zero-order chi connectivity index (χ0) is 22.8. The van der Waals surface area contributed by atoms with Gasteiger partial charge in [0.15, 0.2) is 0 Å². The molecule has 1 aliphatic carbocycles. The molecular weight excluding hydrogens is 410 g/mol. The van der Waals surface area contributed by atoms with Crippen molar-refractivity contribution in [2.45, 2.75) is 45.1 Å². The summed E-state index contributed by atoms with van der Waals surface area (Å²) in [6.45, 7) is 1.96. The van der Waals surface area contributed by atoms with Crippen molar-refractivity contribution in [3.8, 4) is 16.9 Å². The van der Waals surface area contributed by atoms with E-state index in [1.807, 2.05) is 19.3 Å². The summed E-state index contributed by atoms with van der Waals surface area (Å²) in [6.07, 6.45) is 9.28. The lowest BCUT2D eigenvalue weighted by molar-refractivity contribution is -0.117.